The molecule has 3 aromatic rings. The van der Waals surface area contributed by atoms with Gasteiger partial charge in [-0.3, -0.25) is 4.79 Å². The Morgan fingerprint density at radius 3 is 2.02 bits per heavy atom. The van der Waals surface area contributed by atoms with Crippen molar-refractivity contribution < 1.29 is 41.5 Å². The number of oxime groups is 1. The predicted molar refractivity (Wildman–Crippen MR) is 179 cm³/mol. The molecule has 0 saturated carbocycles. The molecular formula is C32H41N5O9S2. The second kappa shape index (κ2) is 17.7. The number of carbonyl (C=O) groups is 2. The number of rotatable bonds is 17. The number of carbonyl (C=O) groups excluding carboxylic acids is 2. The molecule has 14 nitrogen and oxygen atoms in total. The van der Waals surface area contributed by atoms with Crippen LogP contribution in [0.4, 0.5) is 4.79 Å². The first-order valence-electron chi connectivity index (χ1n) is 15.0. The highest BCUT2D eigenvalue weighted by Crippen LogP contribution is 2.20. The van der Waals surface area contributed by atoms with E-state index in [1.54, 1.807) is 74.5 Å². The zero-order valence-electron chi connectivity index (χ0n) is 26.5. The van der Waals surface area contributed by atoms with E-state index in [0.29, 0.717) is 16.7 Å². The molecule has 0 radical (unpaired) electrons. The Balaban J connectivity index is 1.87. The zero-order chi connectivity index (χ0) is 35.3. The average Bonchev–Trinajstić information content (AvgIpc) is 3.03. The van der Waals surface area contributed by atoms with Crippen LogP contribution in [-0.4, -0.2) is 86.7 Å². The molecule has 3 atom stereocenters. The van der Waals surface area contributed by atoms with E-state index in [0.717, 1.165) is 10.5 Å². The van der Waals surface area contributed by atoms with Gasteiger partial charge < -0.3 is 25.7 Å². The van der Waals surface area contributed by atoms with Gasteiger partial charge in [-0.1, -0.05) is 91.8 Å². The summed E-state index contributed by atoms with van der Waals surface area (Å²) in [5.41, 5.74) is 1.80. The number of benzene rings is 3. The quantitative estimate of drug-likeness (QED) is 0.0786. The molecule has 0 saturated heterocycles. The second-order valence-electron chi connectivity index (χ2n) is 11.5. The maximum absolute atomic E-state index is 13.7. The minimum atomic E-state index is -4.29. The highest BCUT2D eigenvalue weighted by molar-refractivity contribution is 7.89. The molecule has 260 valence electrons. The molecule has 0 spiro atoms. The molecule has 6 N–H and O–H groups in total. The lowest BCUT2D eigenvalue weighted by Gasteiger charge is -2.31. The molecule has 0 aliphatic carbocycles. The molecule has 16 heteroatoms. The maximum Gasteiger partial charge on any atom is 0.408 e. The largest absolute Gasteiger partial charge is 0.445 e. The van der Waals surface area contributed by atoms with Crippen molar-refractivity contribution in [1.29, 1.82) is 0 Å². The minimum absolute atomic E-state index is 0.0219. The summed E-state index contributed by atoms with van der Waals surface area (Å²) in [4.78, 5) is 26.0. The number of hydrogen-bond acceptors (Lipinski definition) is 10. The summed E-state index contributed by atoms with van der Waals surface area (Å²) in [5.74, 6) is -2.11. The Bertz CT molecular complexity index is 1720. The molecule has 0 aromatic heterocycles. The summed E-state index contributed by atoms with van der Waals surface area (Å²) in [6.07, 6.45) is -1.40. The number of nitrogens with zero attached hydrogens (tertiary/aromatic N) is 2. The van der Waals surface area contributed by atoms with Crippen molar-refractivity contribution in [2.75, 3.05) is 18.8 Å². The van der Waals surface area contributed by atoms with Crippen molar-refractivity contribution >= 4 is 38.3 Å². The highest BCUT2D eigenvalue weighted by Gasteiger charge is 2.34. The Hall–Kier alpha value is -4.35. The molecule has 48 heavy (non-hydrogen) atoms. The fourth-order valence-corrected chi connectivity index (χ4v) is 7.03. The summed E-state index contributed by atoms with van der Waals surface area (Å²) < 4.78 is 57.8. The summed E-state index contributed by atoms with van der Waals surface area (Å²) in [6.45, 7) is 3.04. The molecule has 3 aromatic carbocycles. The molecule has 0 aliphatic rings. The van der Waals surface area contributed by atoms with Crippen LogP contribution in [0, 0.1) is 5.92 Å². The van der Waals surface area contributed by atoms with Crippen LogP contribution in [0.1, 0.15) is 30.5 Å². The molecular weight excluding hydrogens is 663 g/mol. The van der Waals surface area contributed by atoms with Crippen molar-refractivity contribution in [2.45, 2.75) is 50.0 Å². The van der Waals surface area contributed by atoms with Crippen molar-refractivity contribution in [3.8, 4) is 0 Å². The normalized spacial score (nSPS) is 14.0. The smallest absolute Gasteiger partial charge is 0.408 e. The molecule has 0 unspecified atom stereocenters. The van der Waals surface area contributed by atoms with Crippen LogP contribution in [0.5, 0.6) is 0 Å². The van der Waals surface area contributed by atoms with Crippen molar-refractivity contribution in [1.82, 2.24) is 14.9 Å². The second-order valence-corrected chi connectivity index (χ2v) is 15.1. The Morgan fingerprint density at radius 1 is 0.896 bits per heavy atom. The number of primary sulfonamides is 1. The fourth-order valence-electron chi connectivity index (χ4n) is 4.71. The molecule has 3 rings (SSSR count). The van der Waals surface area contributed by atoms with E-state index in [9.17, 15) is 31.5 Å². The van der Waals surface area contributed by atoms with Crippen LogP contribution in [-0.2, 0) is 42.6 Å². The number of aliphatic hydroxyl groups is 1. The predicted octanol–water partition coefficient (Wildman–Crippen LogP) is 1.81. The van der Waals surface area contributed by atoms with Gasteiger partial charge in [0, 0.05) is 13.1 Å². The maximum atomic E-state index is 13.7. The number of alkyl carbamates (subject to hydrolysis) is 1. The first-order chi connectivity index (χ1) is 22.7. The van der Waals surface area contributed by atoms with Gasteiger partial charge in [0.15, 0.2) is 0 Å². The van der Waals surface area contributed by atoms with E-state index in [4.69, 9.17) is 15.1 Å². The van der Waals surface area contributed by atoms with Crippen LogP contribution in [0.15, 0.2) is 95.0 Å². The number of nitrogens with two attached hydrogens (primary N) is 1. The molecule has 0 bridgehead atoms. The van der Waals surface area contributed by atoms with E-state index in [1.165, 1.54) is 24.3 Å². The molecule has 0 heterocycles. The summed E-state index contributed by atoms with van der Waals surface area (Å²) in [6, 6.07) is 20.2. The minimum Gasteiger partial charge on any atom is -0.445 e. The standard InChI is InChI=1S/C32H41N5O9S2/c1-23(2)19-37(48(44,45)27-15-13-25(14-16-27)18-34-41)20-30(38)28(17-24-9-5-3-6-10-24)35-31(39)29(22-47(33,42)43)36-32(40)46-21-26-11-7-4-8-12-26/h3-16,18,23,28-30,38,41H,17,19-22H2,1-2H3,(H,35,39)(H,36,40)(H2,33,42,43)/b34-18+/t28-,29-,30+/m0/s1. The summed E-state index contributed by atoms with van der Waals surface area (Å²) in [5, 5.41) is 33.3. The third-order valence-electron chi connectivity index (χ3n) is 7.00. The van der Waals surface area contributed by atoms with Gasteiger partial charge >= 0.3 is 6.09 Å². The van der Waals surface area contributed by atoms with Crippen molar-refractivity contribution in [3.05, 3.63) is 102 Å². The van der Waals surface area contributed by atoms with E-state index in [1.807, 2.05) is 0 Å². The molecule has 0 fully saturated rings. The van der Waals surface area contributed by atoms with E-state index in [-0.39, 0.29) is 30.4 Å². The van der Waals surface area contributed by atoms with Gasteiger partial charge in [0.05, 0.1) is 29.0 Å². The number of hydrogen-bond donors (Lipinski definition) is 5. The van der Waals surface area contributed by atoms with Gasteiger partial charge in [0.25, 0.3) is 0 Å². The Morgan fingerprint density at radius 2 is 1.48 bits per heavy atom. The number of sulfonamides is 2. The summed E-state index contributed by atoms with van der Waals surface area (Å²) in [7, 11) is -8.45. The third kappa shape index (κ3) is 12.4. The van der Waals surface area contributed by atoms with Gasteiger partial charge in [-0.05, 0) is 41.2 Å². The lowest BCUT2D eigenvalue weighted by molar-refractivity contribution is -0.124. The Kier molecular flexibility index (Phi) is 14.1. The number of amides is 2. The van der Waals surface area contributed by atoms with Crippen LogP contribution in [0.25, 0.3) is 0 Å². The average molecular weight is 704 g/mol. The van der Waals surface area contributed by atoms with Crippen LogP contribution >= 0.6 is 0 Å². The first-order valence-corrected chi connectivity index (χ1v) is 18.1. The summed E-state index contributed by atoms with van der Waals surface area (Å²) >= 11 is 0. The number of aliphatic hydroxyl groups excluding tert-OH is 1. The molecule has 0 aliphatic heterocycles. The van der Waals surface area contributed by atoms with Crippen molar-refractivity contribution in [2.24, 2.45) is 16.2 Å². The van der Waals surface area contributed by atoms with Gasteiger partial charge in [0.2, 0.25) is 26.0 Å². The van der Waals surface area contributed by atoms with Gasteiger partial charge in [-0.25, -0.2) is 26.8 Å². The first kappa shape index (κ1) is 38.1. The Labute approximate surface area is 280 Å². The van der Waals surface area contributed by atoms with Gasteiger partial charge in [0.1, 0.15) is 12.6 Å². The SMILES string of the molecule is CC(C)CN(C[C@@H](O)[C@H](Cc1ccccc1)NC(=O)[C@H](CS(N)(=O)=O)NC(=O)OCc1ccccc1)S(=O)(=O)c1ccc(/C=N/O)cc1. The lowest BCUT2D eigenvalue weighted by Crippen LogP contribution is -2.57. The number of ether oxygens (including phenoxy) is 1. The van der Waals surface area contributed by atoms with Crippen LogP contribution in [0.2, 0.25) is 0 Å². The number of nitrogens with one attached hydrogen (secondary N) is 2. The van der Waals surface area contributed by atoms with Crippen LogP contribution < -0.4 is 15.8 Å². The van der Waals surface area contributed by atoms with Gasteiger partial charge in [-0.2, -0.15) is 4.31 Å². The molecule has 2 amide bonds. The topological polar surface area (TPSA) is 218 Å². The zero-order valence-corrected chi connectivity index (χ0v) is 28.2. The fraction of sp³-hybridized carbons (Fsp3) is 0.344. The van der Waals surface area contributed by atoms with Gasteiger partial charge in [-0.15, -0.1) is 0 Å². The lowest BCUT2D eigenvalue weighted by atomic mass is 10.0. The highest BCUT2D eigenvalue weighted by atomic mass is 32.2. The van der Waals surface area contributed by atoms with Crippen molar-refractivity contribution in [3.63, 3.8) is 0 Å². The van der Waals surface area contributed by atoms with E-state index >= 15 is 0 Å². The van der Waals surface area contributed by atoms with E-state index in [2.05, 4.69) is 15.8 Å². The monoisotopic (exact) mass is 703 g/mol. The third-order valence-corrected chi connectivity index (χ3v) is 9.64. The van der Waals surface area contributed by atoms with E-state index < -0.39 is 62.5 Å². The van der Waals surface area contributed by atoms with Crippen LogP contribution in [0.3, 0.4) is 0 Å².